The minimum atomic E-state index is -2.99. The van der Waals surface area contributed by atoms with Crippen molar-refractivity contribution >= 4 is 37.3 Å². The summed E-state index contributed by atoms with van der Waals surface area (Å²) in [6.45, 7) is 4.44. The standard InChI is InChI=1S/C16H19N3O3S2/c1-9-12-10(2)17-14(11-3-4-11)18-15(12)23-13(9)16(20)19-5-7-24(21,22)8-6-19/h11H,3-8H2,1-2H3. The van der Waals surface area contributed by atoms with Crippen LogP contribution in [0.2, 0.25) is 0 Å². The maximum atomic E-state index is 12.8. The Bertz CT molecular complexity index is 931. The minimum Gasteiger partial charge on any atom is -0.336 e. The Morgan fingerprint density at radius 2 is 1.83 bits per heavy atom. The predicted octanol–water partition coefficient (Wildman–Crippen LogP) is 2.06. The molecular weight excluding hydrogens is 346 g/mol. The highest BCUT2D eigenvalue weighted by atomic mass is 32.2. The molecule has 2 aliphatic rings. The van der Waals surface area contributed by atoms with Crippen LogP contribution in [-0.2, 0) is 9.84 Å². The zero-order valence-electron chi connectivity index (χ0n) is 13.7. The topological polar surface area (TPSA) is 80.2 Å². The first-order chi connectivity index (χ1) is 11.4. The largest absolute Gasteiger partial charge is 0.336 e. The van der Waals surface area contributed by atoms with Gasteiger partial charge in [0.1, 0.15) is 10.7 Å². The van der Waals surface area contributed by atoms with Gasteiger partial charge in [0.2, 0.25) is 0 Å². The summed E-state index contributed by atoms with van der Waals surface area (Å²) >= 11 is 1.41. The number of hydrogen-bond acceptors (Lipinski definition) is 6. The number of aryl methyl sites for hydroxylation is 2. The van der Waals surface area contributed by atoms with Crippen molar-refractivity contribution in [2.75, 3.05) is 24.6 Å². The highest BCUT2D eigenvalue weighted by Crippen LogP contribution is 2.40. The summed E-state index contributed by atoms with van der Waals surface area (Å²) in [6.07, 6.45) is 2.28. The molecule has 3 heterocycles. The van der Waals surface area contributed by atoms with Crippen LogP contribution in [0.3, 0.4) is 0 Å². The van der Waals surface area contributed by atoms with Crippen molar-refractivity contribution in [3.05, 3.63) is 22.0 Å². The van der Waals surface area contributed by atoms with Crippen LogP contribution in [0.1, 0.15) is 45.5 Å². The monoisotopic (exact) mass is 365 g/mol. The van der Waals surface area contributed by atoms with Crippen molar-refractivity contribution in [1.82, 2.24) is 14.9 Å². The van der Waals surface area contributed by atoms with Crippen LogP contribution >= 0.6 is 11.3 Å². The Morgan fingerprint density at radius 3 is 2.46 bits per heavy atom. The molecule has 8 heteroatoms. The summed E-state index contributed by atoms with van der Waals surface area (Å²) in [4.78, 5) is 25.3. The number of fused-ring (bicyclic) bond motifs is 1. The Hall–Kier alpha value is -1.54. The summed E-state index contributed by atoms with van der Waals surface area (Å²) in [7, 11) is -2.99. The van der Waals surface area contributed by atoms with Crippen molar-refractivity contribution in [1.29, 1.82) is 0 Å². The van der Waals surface area contributed by atoms with E-state index in [4.69, 9.17) is 0 Å². The van der Waals surface area contributed by atoms with Gasteiger partial charge in [0.05, 0.1) is 22.1 Å². The molecule has 4 rings (SSSR count). The van der Waals surface area contributed by atoms with Gasteiger partial charge in [0.25, 0.3) is 5.91 Å². The second-order valence-corrected chi connectivity index (χ2v) is 9.92. The van der Waals surface area contributed by atoms with Crippen LogP contribution in [0.5, 0.6) is 0 Å². The van der Waals surface area contributed by atoms with Crippen LogP contribution in [0, 0.1) is 13.8 Å². The third kappa shape index (κ3) is 2.71. The van der Waals surface area contributed by atoms with Crippen LogP contribution in [0.15, 0.2) is 0 Å². The molecule has 6 nitrogen and oxygen atoms in total. The Morgan fingerprint density at radius 1 is 1.17 bits per heavy atom. The normalized spacial score (nSPS) is 20.5. The fourth-order valence-electron chi connectivity index (χ4n) is 3.15. The van der Waals surface area contributed by atoms with Crippen LogP contribution < -0.4 is 0 Å². The third-order valence-corrected chi connectivity index (χ3v) is 7.54. The van der Waals surface area contributed by atoms with Gasteiger partial charge in [-0.3, -0.25) is 4.79 Å². The Labute approximate surface area is 144 Å². The van der Waals surface area contributed by atoms with Gasteiger partial charge in [-0.05, 0) is 32.3 Å². The minimum absolute atomic E-state index is 0.0490. The molecule has 0 bridgehead atoms. The molecule has 0 unspecified atom stereocenters. The van der Waals surface area contributed by atoms with E-state index >= 15 is 0 Å². The van der Waals surface area contributed by atoms with E-state index in [2.05, 4.69) is 9.97 Å². The summed E-state index contributed by atoms with van der Waals surface area (Å²) < 4.78 is 23.1. The quantitative estimate of drug-likeness (QED) is 0.814. The van der Waals surface area contributed by atoms with Crippen molar-refractivity contribution in [3.8, 4) is 0 Å². The van der Waals surface area contributed by atoms with Gasteiger partial charge in [-0.1, -0.05) is 0 Å². The van der Waals surface area contributed by atoms with E-state index in [0.717, 1.165) is 40.1 Å². The number of thiophene rings is 1. The predicted molar refractivity (Wildman–Crippen MR) is 93.4 cm³/mol. The lowest BCUT2D eigenvalue weighted by Crippen LogP contribution is -2.43. The van der Waals surface area contributed by atoms with Gasteiger partial charge in [-0.15, -0.1) is 11.3 Å². The van der Waals surface area contributed by atoms with E-state index in [-0.39, 0.29) is 30.5 Å². The van der Waals surface area contributed by atoms with Crippen LogP contribution in [0.4, 0.5) is 0 Å². The molecule has 1 amide bonds. The molecule has 0 aromatic carbocycles. The second-order valence-electron chi connectivity index (χ2n) is 6.62. The molecule has 2 aromatic heterocycles. The fourth-order valence-corrected chi connectivity index (χ4v) is 5.56. The van der Waals surface area contributed by atoms with Crippen molar-refractivity contribution < 1.29 is 13.2 Å². The smallest absolute Gasteiger partial charge is 0.264 e. The first-order valence-electron chi connectivity index (χ1n) is 8.13. The lowest BCUT2D eigenvalue weighted by molar-refractivity contribution is 0.0774. The number of carbonyl (C=O) groups is 1. The maximum absolute atomic E-state index is 12.8. The average molecular weight is 365 g/mol. The lowest BCUT2D eigenvalue weighted by Gasteiger charge is -2.26. The fraction of sp³-hybridized carbons (Fsp3) is 0.562. The summed E-state index contributed by atoms with van der Waals surface area (Å²) in [5, 5.41) is 0.970. The highest BCUT2D eigenvalue weighted by molar-refractivity contribution is 7.91. The van der Waals surface area contributed by atoms with E-state index in [1.165, 1.54) is 11.3 Å². The van der Waals surface area contributed by atoms with Crippen molar-refractivity contribution in [2.45, 2.75) is 32.6 Å². The van der Waals surface area contributed by atoms with Crippen LogP contribution in [-0.4, -0.2) is 53.8 Å². The average Bonchev–Trinajstić information content (AvgIpc) is 3.31. The van der Waals surface area contributed by atoms with E-state index in [0.29, 0.717) is 10.8 Å². The molecule has 1 saturated carbocycles. The zero-order valence-corrected chi connectivity index (χ0v) is 15.3. The molecule has 1 aliphatic carbocycles. The number of carbonyl (C=O) groups excluding carboxylic acids is 1. The van der Waals surface area contributed by atoms with Crippen molar-refractivity contribution in [3.63, 3.8) is 0 Å². The van der Waals surface area contributed by atoms with Gasteiger partial charge in [0, 0.05) is 24.4 Å². The Balaban J connectivity index is 1.70. The first-order valence-corrected chi connectivity index (χ1v) is 10.8. The molecule has 24 heavy (non-hydrogen) atoms. The summed E-state index contributed by atoms with van der Waals surface area (Å²) in [6, 6.07) is 0. The molecule has 2 fully saturated rings. The summed E-state index contributed by atoms with van der Waals surface area (Å²) in [5.41, 5.74) is 1.84. The van der Waals surface area contributed by atoms with Gasteiger partial charge >= 0.3 is 0 Å². The number of hydrogen-bond donors (Lipinski definition) is 0. The molecular formula is C16H19N3O3S2. The number of aromatic nitrogens is 2. The van der Waals surface area contributed by atoms with Crippen LogP contribution in [0.25, 0.3) is 10.2 Å². The SMILES string of the molecule is Cc1nc(C2CC2)nc2sc(C(=O)N3CCS(=O)(=O)CC3)c(C)c12. The lowest BCUT2D eigenvalue weighted by atomic mass is 10.1. The molecule has 1 saturated heterocycles. The molecule has 128 valence electrons. The van der Waals surface area contributed by atoms with Gasteiger partial charge < -0.3 is 4.90 Å². The zero-order chi connectivity index (χ0) is 17.1. The van der Waals surface area contributed by atoms with Gasteiger partial charge in [-0.2, -0.15) is 0 Å². The molecule has 0 atom stereocenters. The molecule has 2 aromatic rings. The highest BCUT2D eigenvalue weighted by Gasteiger charge is 2.31. The van der Waals surface area contributed by atoms with E-state index < -0.39 is 9.84 Å². The first kappa shape index (κ1) is 16.0. The maximum Gasteiger partial charge on any atom is 0.264 e. The van der Waals surface area contributed by atoms with E-state index in [1.807, 2.05) is 13.8 Å². The number of nitrogens with zero attached hydrogens (tertiary/aromatic N) is 3. The summed E-state index contributed by atoms with van der Waals surface area (Å²) in [5.74, 6) is 1.38. The van der Waals surface area contributed by atoms with E-state index in [1.54, 1.807) is 4.90 Å². The van der Waals surface area contributed by atoms with Crippen molar-refractivity contribution in [2.24, 2.45) is 0 Å². The number of rotatable bonds is 2. The number of amides is 1. The van der Waals surface area contributed by atoms with Gasteiger partial charge in [0.15, 0.2) is 9.84 Å². The molecule has 1 aliphatic heterocycles. The molecule has 0 radical (unpaired) electrons. The molecule has 0 N–H and O–H groups in total. The van der Waals surface area contributed by atoms with Gasteiger partial charge in [-0.25, -0.2) is 18.4 Å². The van der Waals surface area contributed by atoms with E-state index in [9.17, 15) is 13.2 Å². The Kier molecular flexibility index (Phi) is 3.65. The second kappa shape index (κ2) is 5.49. The number of sulfone groups is 1. The molecule has 0 spiro atoms. The third-order valence-electron chi connectivity index (χ3n) is 4.76.